The Balaban J connectivity index is 3.30. The van der Waals surface area contributed by atoms with E-state index in [9.17, 15) is 28.1 Å². The summed E-state index contributed by atoms with van der Waals surface area (Å²) in [5, 5.41) is 10.6. The zero-order chi connectivity index (χ0) is 14.6. The predicted molar refractivity (Wildman–Crippen MR) is 61.3 cm³/mol. The second-order valence-electron chi connectivity index (χ2n) is 4.20. The summed E-state index contributed by atoms with van der Waals surface area (Å²) in [6.45, 7) is 0.654. The van der Waals surface area contributed by atoms with E-state index in [0.29, 0.717) is 6.29 Å². The van der Waals surface area contributed by atoms with Crippen molar-refractivity contribution >= 4 is 6.29 Å². The van der Waals surface area contributed by atoms with Crippen molar-refractivity contribution in [2.24, 2.45) is 5.92 Å². The van der Waals surface area contributed by atoms with E-state index in [1.54, 1.807) is 0 Å². The minimum atomic E-state index is -4.60. The molecule has 1 rings (SSSR count). The lowest BCUT2D eigenvalue weighted by Gasteiger charge is -2.20. The minimum absolute atomic E-state index is 0.216. The van der Waals surface area contributed by atoms with Gasteiger partial charge in [-0.15, -0.1) is 0 Å². The SMILES string of the molecule is C[C@H](C=O)[C@H](C[N+](=O)[O-])c1ccccc1C(F)(F)F. The van der Waals surface area contributed by atoms with Crippen LogP contribution in [-0.2, 0) is 11.0 Å². The number of carbonyl (C=O) groups excluding carboxylic acids is 1. The molecule has 0 heterocycles. The van der Waals surface area contributed by atoms with Gasteiger partial charge in [-0.25, -0.2) is 0 Å². The number of benzene rings is 1. The highest BCUT2D eigenvalue weighted by atomic mass is 19.4. The van der Waals surface area contributed by atoms with Gasteiger partial charge in [0.1, 0.15) is 6.29 Å². The van der Waals surface area contributed by atoms with Crippen molar-refractivity contribution in [1.82, 2.24) is 0 Å². The molecule has 1 aromatic carbocycles. The molecular formula is C12H12F3NO3. The molecule has 4 nitrogen and oxygen atoms in total. The van der Waals surface area contributed by atoms with Crippen LogP contribution in [0.2, 0.25) is 0 Å². The highest BCUT2D eigenvalue weighted by molar-refractivity contribution is 5.56. The number of rotatable bonds is 5. The van der Waals surface area contributed by atoms with E-state index in [2.05, 4.69) is 0 Å². The maximum absolute atomic E-state index is 12.9. The van der Waals surface area contributed by atoms with Crippen molar-refractivity contribution in [3.8, 4) is 0 Å². The zero-order valence-corrected chi connectivity index (χ0v) is 10.1. The molecule has 0 bridgehead atoms. The molecule has 2 atom stereocenters. The zero-order valence-electron chi connectivity index (χ0n) is 10.1. The Labute approximate surface area is 107 Å². The van der Waals surface area contributed by atoms with Crippen LogP contribution in [0.15, 0.2) is 24.3 Å². The van der Waals surface area contributed by atoms with Gasteiger partial charge in [0.25, 0.3) is 0 Å². The fourth-order valence-electron chi connectivity index (χ4n) is 1.88. The lowest BCUT2D eigenvalue weighted by molar-refractivity contribution is -0.484. The Morgan fingerprint density at radius 3 is 2.42 bits per heavy atom. The van der Waals surface area contributed by atoms with Crippen molar-refractivity contribution < 1.29 is 22.9 Å². The van der Waals surface area contributed by atoms with E-state index in [1.807, 2.05) is 0 Å². The first-order chi connectivity index (χ1) is 8.77. The number of aldehydes is 1. The van der Waals surface area contributed by atoms with Crippen molar-refractivity contribution in [3.63, 3.8) is 0 Å². The summed E-state index contributed by atoms with van der Waals surface area (Å²) in [7, 11) is 0. The first-order valence-corrected chi connectivity index (χ1v) is 5.50. The highest BCUT2D eigenvalue weighted by Crippen LogP contribution is 2.37. The highest BCUT2D eigenvalue weighted by Gasteiger charge is 2.37. The summed E-state index contributed by atoms with van der Waals surface area (Å²) in [4.78, 5) is 20.6. The van der Waals surface area contributed by atoms with Crippen molar-refractivity contribution in [1.29, 1.82) is 0 Å². The second-order valence-corrected chi connectivity index (χ2v) is 4.20. The summed E-state index contributed by atoms with van der Waals surface area (Å²) < 4.78 is 38.6. The maximum Gasteiger partial charge on any atom is 0.416 e. The van der Waals surface area contributed by atoms with Crippen LogP contribution in [-0.4, -0.2) is 17.8 Å². The van der Waals surface area contributed by atoms with Gasteiger partial charge >= 0.3 is 6.18 Å². The quantitative estimate of drug-likeness (QED) is 0.471. The number of nitro groups is 1. The summed E-state index contributed by atoms with van der Waals surface area (Å²) in [5.41, 5.74) is -1.15. The average Bonchev–Trinajstić information content (AvgIpc) is 2.34. The Hall–Kier alpha value is -1.92. The van der Waals surface area contributed by atoms with Gasteiger partial charge in [-0.2, -0.15) is 13.2 Å². The van der Waals surface area contributed by atoms with E-state index >= 15 is 0 Å². The van der Waals surface area contributed by atoms with Crippen LogP contribution in [0.1, 0.15) is 24.0 Å². The molecule has 0 aliphatic carbocycles. The lowest BCUT2D eigenvalue weighted by atomic mass is 9.85. The van der Waals surface area contributed by atoms with Gasteiger partial charge in [0, 0.05) is 10.8 Å². The van der Waals surface area contributed by atoms with Gasteiger partial charge in [-0.3, -0.25) is 10.1 Å². The molecule has 0 aromatic heterocycles. The van der Waals surface area contributed by atoms with Crippen LogP contribution in [0.25, 0.3) is 0 Å². The molecule has 1 aromatic rings. The summed E-state index contributed by atoms with van der Waals surface area (Å²) >= 11 is 0. The van der Waals surface area contributed by atoms with Crippen LogP contribution >= 0.6 is 0 Å². The number of halogens is 3. The van der Waals surface area contributed by atoms with Gasteiger partial charge in [-0.05, 0) is 11.6 Å². The molecule has 0 radical (unpaired) electrons. The molecule has 0 saturated heterocycles. The molecule has 19 heavy (non-hydrogen) atoms. The number of nitrogens with zero attached hydrogens (tertiary/aromatic N) is 1. The third-order valence-corrected chi connectivity index (χ3v) is 2.86. The van der Waals surface area contributed by atoms with Gasteiger partial charge in [0.15, 0.2) is 0 Å². The normalized spacial score (nSPS) is 14.7. The van der Waals surface area contributed by atoms with Crippen molar-refractivity contribution in [2.75, 3.05) is 6.54 Å². The summed E-state index contributed by atoms with van der Waals surface area (Å²) in [5.74, 6) is -1.96. The monoisotopic (exact) mass is 275 g/mol. The molecule has 0 aliphatic rings. The largest absolute Gasteiger partial charge is 0.416 e. The molecule has 104 valence electrons. The lowest BCUT2D eigenvalue weighted by Crippen LogP contribution is -2.23. The third kappa shape index (κ3) is 3.77. The molecule has 7 heteroatoms. The first-order valence-electron chi connectivity index (χ1n) is 5.50. The fourth-order valence-corrected chi connectivity index (χ4v) is 1.88. The summed E-state index contributed by atoms with van der Waals surface area (Å²) in [6.07, 6.45) is -4.17. The molecule has 0 saturated carbocycles. The molecule has 0 fully saturated rings. The van der Waals surface area contributed by atoms with Gasteiger partial charge < -0.3 is 4.79 Å². The van der Waals surface area contributed by atoms with Crippen LogP contribution in [0.4, 0.5) is 13.2 Å². The molecule has 0 amide bonds. The number of alkyl halides is 3. The first kappa shape index (κ1) is 15.1. The molecular weight excluding hydrogens is 263 g/mol. The Kier molecular flexibility index (Phi) is 4.63. The van der Waals surface area contributed by atoms with E-state index in [-0.39, 0.29) is 5.56 Å². The molecule has 0 spiro atoms. The smallest absolute Gasteiger partial charge is 0.303 e. The maximum atomic E-state index is 12.9. The number of carbonyl (C=O) groups is 1. The second kappa shape index (κ2) is 5.81. The Morgan fingerprint density at radius 1 is 1.37 bits per heavy atom. The van der Waals surface area contributed by atoms with Crippen molar-refractivity contribution in [2.45, 2.75) is 19.0 Å². The standard InChI is InChI=1S/C12H12F3NO3/c1-8(7-17)10(6-16(18)19)9-4-2-3-5-11(9)12(13,14)15/h2-5,7-8,10H,6H2,1H3/t8-,10+/m1/s1. The fraction of sp³-hybridized carbons (Fsp3) is 0.417. The van der Waals surface area contributed by atoms with Crippen LogP contribution in [0.5, 0.6) is 0 Å². The van der Waals surface area contributed by atoms with Crippen LogP contribution < -0.4 is 0 Å². The van der Waals surface area contributed by atoms with E-state index in [1.165, 1.54) is 25.1 Å². The third-order valence-electron chi connectivity index (χ3n) is 2.86. The number of hydrogen-bond acceptors (Lipinski definition) is 3. The van der Waals surface area contributed by atoms with Gasteiger partial charge in [0.2, 0.25) is 6.54 Å². The Bertz CT molecular complexity index is 474. The minimum Gasteiger partial charge on any atom is -0.303 e. The van der Waals surface area contributed by atoms with Crippen LogP contribution in [0, 0.1) is 16.0 Å². The van der Waals surface area contributed by atoms with E-state index in [4.69, 9.17) is 0 Å². The van der Waals surface area contributed by atoms with Gasteiger partial charge in [-0.1, -0.05) is 25.1 Å². The molecule has 0 aliphatic heterocycles. The van der Waals surface area contributed by atoms with Crippen molar-refractivity contribution in [3.05, 3.63) is 45.5 Å². The Morgan fingerprint density at radius 2 is 1.95 bits per heavy atom. The topological polar surface area (TPSA) is 60.2 Å². The van der Waals surface area contributed by atoms with Crippen LogP contribution in [0.3, 0.4) is 0 Å². The molecule has 0 unspecified atom stereocenters. The van der Waals surface area contributed by atoms with E-state index < -0.39 is 35.0 Å². The predicted octanol–water partition coefficient (Wildman–Crippen LogP) is 2.90. The van der Waals surface area contributed by atoms with E-state index in [0.717, 1.165) is 6.07 Å². The summed E-state index contributed by atoms with van der Waals surface area (Å²) in [6, 6.07) is 4.62. The molecule has 0 N–H and O–H groups in total. The average molecular weight is 275 g/mol. The number of hydrogen-bond donors (Lipinski definition) is 0. The van der Waals surface area contributed by atoms with Gasteiger partial charge in [0.05, 0.1) is 11.5 Å².